The fourth-order valence-corrected chi connectivity index (χ4v) is 1.90. The molecule has 1 nitrogen and oxygen atoms in total. The highest BCUT2D eigenvalue weighted by atomic mass is 14.5. The van der Waals surface area contributed by atoms with Crippen LogP contribution in [0.3, 0.4) is 0 Å². The van der Waals surface area contributed by atoms with E-state index >= 15 is 0 Å². The summed E-state index contributed by atoms with van der Waals surface area (Å²) in [5, 5.41) is 0. The van der Waals surface area contributed by atoms with Crippen molar-refractivity contribution in [3.63, 3.8) is 0 Å². The standard InChI is InChI=1S/C10H12.C7H8.C6H7N/c1-8(2)10-6-4-5-9(3)7-10;1-7-5-3-2-4-6-7;7-6-4-2-1-3-5-6/h4-7H,1H2,2-3H3;2-6H,1H3;1-5H,7H2. The molecule has 3 aromatic carbocycles. The zero-order chi connectivity index (χ0) is 17.8. The molecule has 0 aromatic heterocycles. The summed E-state index contributed by atoms with van der Waals surface area (Å²) in [6.07, 6.45) is 0. The summed E-state index contributed by atoms with van der Waals surface area (Å²) in [5.41, 5.74) is 11.2. The Hall–Kier alpha value is -2.80. The molecule has 0 aliphatic rings. The molecule has 2 N–H and O–H groups in total. The molecule has 0 saturated carbocycles. The summed E-state index contributed by atoms with van der Waals surface area (Å²) < 4.78 is 0. The molecule has 0 radical (unpaired) electrons. The van der Waals surface area contributed by atoms with Gasteiger partial charge in [0.05, 0.1) is 0 Å². The Morgan fingerprint density at radius 3 is 1.50 bits per heavy atom. The Labute approximate surface area is 146 Å². The summed E-state index contributed by atoms with van der Waals surface area (Å²) in [6, 6.07) is 28.1. The van der Waals surface area contributed by atoms with E-state index in [-0.39, 0.29) is 0 Å². The van der Waals surface area contributed by atoms with E-state index in [0.717, 1.165) is 11.3 Å². The monoisotopic (exact) mass is 317 g/mol. The van der Waals surface area contributed by atoms with E-state index in [0.29, 0.717) is 0 Å². The molecule has 3 aromatic rings. The van der Waals surface area contributed by atoms with Crippen molar-refractivity contribution in [3.8, 4) is 0 Å². The molecule has 0 aliphatic heterocycles. The molecule has 1 heteroatoms. The number of benzene rings is 3. The molecule has 0 amide bonds. The minimum atomic E-state index is 0.822. The van der Waals surface area contributed by atoms with Crippen molar-refractivity contribution in [3.05, 3.63) is 108 Å². The molecule has 0 aliphatic carbocycles. The second-order valence-electron chi connectivity index (χ2n) is 5.72. The summed E-state index contributed by atoms with van der Waals surface area (Å²) in [4.78, 5) is 0. The number of para-hydroxylation sites is 1. The van der Waals surface area contributed by atoms with Crippen molar-refractivity contribution in [2.75, 3.05) is 5.73 Å². The van der Waals surface area contributed by atoms with E-state index in [4.69, 9.17) is 5.73 Å². The maximum absolute atomic E-state index is 5.36. The normalized spacial score (nSPS) is 8.96. The number of nitrogen functional groups attached to an aromatic ring is 1. The summed E-state index contributed by atoms with van der Waals surface area (Å²) in [5.74, 6) is 0. The van der Waals surface area contributed by atoms with Gasteiger partial charge in [0.1, 0.15) is 0 Å². The Morgan fingerprint density at radius 2 is 1.21 bits per heavy atom. The van der Waals surface area contributed by atoms with Gasteiger partial charge in [-0.1, -0.05) is 96.1 Å². The van der Waals surface area contributed by atoms with Crippen molar-refractivity contribution >= 4 is 11.3 Å². The van der Waals surface area contributed by atoms with Gasteiger partial charge in [0.25, 0.3) is 0 Å². The highest BCUT2D eigenvalue weighted by Gasteiger charge is 1.90. The number of aryl methyl sites for hydroxylation is 2. The third-order valence-electron chi connectivity index (χ3n) is 3.25. The molecule has 0 atom stereocenters. The highest BCUT2D eigenvalue weighted by molar-refractivity contribution is 5.61. The van der Waals surface area contributed by atoms with E-state index in [1.807, 2.05) is 55.5 Å². The van der Waals surface area contributed by atoms with Crippen molar-refractivity contribution in [1.82, 2.24) is 0 Å². The van der Waals surface area contributed by atoms with Gasteiger partial charge in [-0.15, -0.1) is 0 Å². The van der Waals surface area contributed by atoms with Crippen LogP contribution < -0.4 is 5.73 Å². The van der Waals surface area contributed by atoms with E-state index in [2.05, 4.69) is 56.8 Å². The van der Waals surface area contributed by atoms with Crippen LogP contribution in [-0.4, -0.2) is 0 Å². The lowest BCUT2D eigenvalue weighted by atomic mass is 10.1. The van der Waals surface area contributed by atoms with Crippen LogP contribution >= 0.6 is 0 Å². The maximum atomic E-state index is 5.36. The van der Waals surface area contributed by atoms with E-state index in [1.165, 1.54) is 16.7 Å². The molecular weight excluding hydrogens is 290 g/mol. The Balaban J connectivity index is 0.000000185. The summed E-state index contributed by atoms with van der Waals surface area (Å²) in [7, 11) is 0. The van der Waals surface area contributed by atoms with Crippen LogP contribution in [0.1, 0.15) is 23.6 Å². The predicted molar refractivity (Wildman–Crippen MR) is 108 cm³/mol. The first-order valence-corrected chi connectivity index (χ1v) is 8.03. The summed E-state index contributed by atoms with van der Waals surface area (Å²) in [6.45, 7) is 10.1. The quantitative estimate of drug-likeness (QED) is 0.524. The van der Waals surface area contributed by atoms with Gasteiger partial charge in [0.15, 0.2) is 0 Å². The topological polar surface area (TPSA) is 26.0 Å². The van der Waals surface area contributed by atoms with Crippen LogP contribution in [-0.2, 0) is 0 Å². The van der Waals surface area contributed by atoms with Gasteiger partial charge in [-0.2, -0.15) is 0 Å². The maximum Gasteiger partial charge on any atom is 0.0313 e. The van der Waals surface area contributed by atoms with Crippen LogP contribution in [0.5, 0.6) is 0 Å². The first kappa shape index (κ1) is 19.2. The Kier molecular flexibility index (Phi) is 8.70. The smallest absolute Gasteiger partial charge is 0.0313 e. The molecule has 24 heavy (non-hydrogen) atoms. The van der Waals surface area contributed by atoms with Crippen molar-refractivity contribution in [1.29, 1.82) is 0 Å². The number of allylic oxidation sites excluding steroid dienone is 1. The number of nitrogens with two attached hydrogens (primary N) is 1. The summed E-state index contributed by atoms with van der Waals surface area (Å²) >= 11 is 0. The second kappa shape index (κ2) is 10.8. The van der Waals surface area contributed by atoms with Gasteiger partial charge in [0, 0.05) is 5.69 Å². The van der Waals surface area contributed by atoms with Gasteiger partial charge in [0.2, 0.25) is 0 Å². The number of hydrogen-bond donors (Lipinski definition) is 1. The van der Waals surface area contributed by atoms with Crippen LogP contribution in [0, 0.1) is 13.8 Å². The number of rotatable bonds is 1. The lowest BCUT2D eigenvalue weighted by Crippen LogP contribution is -1.79. The number of anilines is 1. The zero-order valence-corrected chi connectivity index (χ0v) is 14.9. The molecule has 0 bridgehead atoms. The van der Waals surface area contributed by atoms with Gasteiger partial charge in [-0.05, 0) is 38.5 Å². The predicted octanol–water partition coefficient (Wildman–Crippen LogP) is 6.29. The molecule has 0 unspecified atom stereocenters. The Morgan fingerprint density at radius 1 is 0.708 bits per heavy atom. The zero-order valence-electron chi connectivity index (χ0n) is 14.9. The first-order chi connectivity index (χ1) is 11.5. The lowest BCUT2D eigenvalue weighted by Gasteiger charge is -1.98. The number of hydrogen-bond acceptors (Lipinski definition) is 1. The van der Waals surface area contributed by atoms with E-state index < -0.39 is 0 Å². The third kappa shape index (κ3) is 8.60. The van der Waals surface area contributed by atoms with Gasteiger partial charge in [-0.3, -0.25) is 0 Å². The van der Waals surface area contributed by atoms with Gasteiger partial charge < -0.3 is 5.73 Å². The molecule has 124 valence electrons. The largest absolute Gasteiger partial charge is 0.399 e. The van der Waals surface area contributed by atoms with Crippen LogP contribution in [0.4, 0.5) is 5.69 Å². The average molecular weight is 317 g/mol. The van der Waals surface area contributed by atoms with Crippen LogP contribution in [0.25, 0.3) is 5.57 Å². The third-order valence-corrected chi connectivity index (χ3v) is 3.25. The SMILES string of the molecule is C=C(C)c1cccc(C)c1.Cc1ccccc1.Nc1ccccc1. The molecule has 0 fully saturated rings. The lowest BCUT2D eigenvalue weighted by molar-refractivity contribution is 1.44. The van der Waals surface area contributed by atoms with Crippen molar-refractivity contribution in [2.45, 2.75) is 20.8 Å². The molecule has 0 spiro atoms. The molecule has 3 rings (SSSR count). The average Bonchev–Trinajstić information content (AvgIpc) is 2.57. The van der Waals surface area contributed by atoms with Gasteiger partial charge >= 0.3 is 0 Å². The van der Waals surface area contributed by atoms with Crippen molar-refractivity contribution < 1.29 is 0 Å². The van der Waals surface area contributed by atoms with Crippen LogP contribution in [0.2, 0.25) is 0 Å². The second-order valence-corrected chi connectivity index (χ2v) is 5.72. The fourth-order valence-electron chi connectivity index (χ4n) is 1.90. The molecule has 0 heterocycles. The molecule has 0 saturated heterocycles. The minimum absolute atomic E-state index is 0.822. The van der Waals surface area contributed by atoms with Crippen LogP contribution in [0.15, 0.2) is 91.5 Å². The van der Waals surface area contributed by atoms with E-state index in [1.54, 1.807) is 0 Å². The van der Waals surface area contributed by atoms with E-state index in [9.17, 15) is 0 Å². The minimum Gasteiger partial charge on any atom is -0.399 e. The highest BCUT2D eigenvalue weighted by Crippen LogP contribution is 2.11. The fraction of sp³-hybridized carbons (Fsp3) is 0.130. The first-order valence-electron chi connectivity index (χ1n) is 8.03. The van der Waals surface area contributed by atoms with Crippen molar-refractivity contribution in [2.24, 2.45) is 0 Å². The molecular formula is C23H27N. The Bertz CT molecular complexity index is 678. The van der Waals surface area contributed by atoms with Gasteiger partial charge in [-0.25, -0.2) is 0 Å².